The van der Waals surface area contributed by atoms with Gasteiger partial charge < -0.3 is 4.48 Å². The maximum Gasteiger partial charge on any atom is 0.383 e. The van der Waals surface area contributed by atoms with E-state index in [2.05, 4.69) is 27.8 Å². The maximum absolute atomic E-state index is 8.09. The Hall–Kier alpha value is -2.02. The summed E-state index contributed by atoms with van der Waals surface area (Å²) < 4.78 is 1.21. The van der Waals surface area contributed by atoms with Gasteiger partial charge in [-0.05, 0) is 20.8 Å². The molecule has 0 rings (SSSR count). The van der Waals surface area contributed by atoms with Gasteiger partial charge in [0, 0.05) is 0 Å². The van der Waals surface area contributed by atoms with Gasteiger partial charge in [-0.2, -0.15) is 0 Å². The van der Waals surface area contributed by atoms with Crippen LogP contribution in [0.1, 0.15) is 20.8 Å². The molecule has 0 aromatic heterocycles. The molecule has 0 aliphatic carbocycles. The van der Waals surface area contributed by atoms with Gasteiger partial charge in [0.05, 0.1) is 26.7 Å². The number of hydrogen-bond acceptors (Lipinski definition) is 4. The Kier molecular flexibility index (Phi) is 8.36. The van der Waals surface area contributed by atoms with E-state index in [-0.39, 0.29) is 0 Å². The van der Waals surface area contributed by atoms with Crippen molar-refractivity contribution in [1.29, 1.82) is 21.0 Å². The molecule has 17 heavy (non-hydrogen) atoms. The van der Waals surface area contributed by atoms with E-state index in [1.54, 1.807) is 0 Å². The van der Waals surface area contributed by atoms with Gasteiger partial charge in [0.25, 0.3) is 0 Å². The molecule has 0 aromatic carbocycles. The predicted octanol–water partition coefficient (Wildman–Crippen LogP) is 1.18. The lowest BCUT2D eigenvalue weighted by atomic mass is 9.30. The van der Waals surface area contributed by atoms with E-state index in [0.29, 0.717) is 0 Å². The highest BCUT2D eigenvalue weighted by Crippen LogP contribution is 1.97. The van der Waals surface area contributed by atoms with E-state index in [9.17, 15) is 0 Å². The minimum absolute atomic E-state index is 1.21. The van der Waals surface area contributed by atoms with Crippen LogP contribution in [0.15, 0.2) is 0 Å². The third-order valence-electron chi connectivity index (χ3n) is 3.06. The van der Waals surface area contributed by atoms with Crippen molar-refractivity contribution in [2.75, 3.05) is 26.7 Å². The second kappa shape index (κ2) is 8.17. The number of quaternary nitrogens is 1. The second-order valence-electron chi connectivity index (χ2n) is 3.95. The highest BCUT2D eigenvalue weighted by molar-refractivity contribution is 7.05. The molecule has 0 bridgehead atoms. The third-order valence-corrected chi connectivity index (χ3v) is 3.06. The highest BCUT2D eigenvalue weighted by atomic mass is 15.3. The number of rotatable bonds is 3. The molecule has 0 heterocycles. The molecule has 0 aliphatic heterocycles. The Morgan fingerprint density at radius 2 is 1.00 bits per heavy atom. The fourth-order valence-electron chi connectivity index (χ4n) is 0.844. The summed E-state index contributed by atoms with van der Waals surface area (Å²) in [4.78, 5) is 0. The molecule has 0 spiro atoms. The normalized spacial score (nSPS) is 9.65. The average Bonchev–Trinajstić information content (AvgIpc) is 2.42. The molecule has 6 heteroatoms. The summed E-state index contributed by atoms with van der Waals surface area (Å²) in [6.07, 6.45) is -2.72. The minimum atomic E-state index is -2.72. The first-order chi connectivity index (χ1) is 7.92. The van der Waals surface area contributed by atoms with E-state index in [1.165, 1.54) is 48.0 Å². The molecule has 0 N–H and O–H groups in total. The molecule has 0 fully saturated rings. The first kappa shape index (κ1) is 17.4. The Bertz CT molecular complexity index is 316. The Balaban J connectivity index is 0. The summed E-state index contributed by atoms with van der Waals surface area (Å²) >= 11 is 0. The molecule has 5 nitrogen and oxygen atoms in total. The van der Waals surface area contributed by atoms with Gasteiger partial charge in [-0.25, -0.2) is 21.0 Å². The van der Waals surface area contributed by atoms with Crippen molar-refractivity contribution in [3.63, 3.8) is 0 Å². The molecule has 0 radical (unpaired) electrons. The van der Waals surface area contributed by atoms with Gasteiger partial charge in [0.2, 0.25) is 0 Å². The molecule has 0 saturated carbocycles. The van der Waals surface area contributed by atoms with Crippen molar-refractivity contribution in [2.24, 2.45) is 0 Å². The Morgan fingerprint density at radius 1 is 0.765 bits per heavy atom. The van der Waals surface area contributed by atoms with Crippen LogP contribution in [0, 0.1) is 44.9 Å². The zero-order valence-corrected chi connectivity index (χ0v) is 10.9. The third kappa shape index (κ3) is 5.57. The van der Waals surface area contributed by atoms with E-state index in [0.717, 1.165) is 0 Å². The molecule has 0 amide bonds. The molecule has 0 aromatic rings. The number of nitriles is 4. The smallest absolute Gasteiger partial charge is 0.327 e. The molecule has 0 saturated heterocycles. The molecular weight excluding hydrogens is 213 g/mol. The SMILES string of the molecule is CC[N+](C)(CC)CC.N#C[B-](C#N)(C#N)C#N. The van der Waals surface area contributed by atoms with Crippen molar-refractivity contribution in [3.05, 3.63) is 0 Å². The molecular formula is C11H18BN5. The standard InChI is InChI=1S/C7H18N.C4BN4/c1-5-8(4,6-2)7-3;6-1-5(2-7,3-8)4-9/h5-7H2,1-4H3;/q+1;-1. The molecule has 0 atom stereocenters. The van der Waals surface area contributed by atoms with Crippen molar-refractivity contribution >= 4 is 6.15 Å². The van der Waals surface area contributed by atoms with Crippen LogP contribution < -0.4 is 0 Å². The predicted molar refractivity (Wildman–Crippen MR) is 66.0 cm³/mol. The topological polar surface area (TPSA) is 95.2 Å². The average molecular weight is 231 g/mol. The summed E-state index contributed by atoms with van der Waals surface area (Å²) in [7, 11) is 2.29. The lowest BCUT2D eigenvalue weighted by Gasteiger charge is -2.30. The van der Waals surface area contributed by atoms with Gasteiger partial charge in [0.1, 0.15) is 0 Å². The van der Waals surface area contributed by atoms with E-state index < -0.39 is 6.15 Å². The molecule has 90 valence electrons. The van der Waals surface area contributed by atoms with E-state index in [4.69, 9.17) is 21.0 Å². The van der Waals surface area contributed by atoms with Crippen LogP contribution in [0.2, 0.25) is 0 Å². The van der Waals surface area contributed by atoms with Crippen LogP contribution in [-0.2, 0) is 0 Å². The van der Waals surface area contributed by atoms with Crippen LogP contribution in [0.4, 0.5) is 0 Å². The lowest BCUT2D eigenvalue weighted by molar-refractivity contribution is -0.904. The summed E-state index contributed by atoms with van der Waals surface area (Å²) in [5.74, 6) is 5.38. The van der Waals surface area contributed by atoms with Gasteiger partial charge in [-0.15, -0.1) is 23.9 Å². The van der Waals surface area contributed by atoms with Gasteiger partial charge in [-0.3, -0.25) is 0 Å². The minimum Gasteiger partial charge on any atom is -0.327 e. The van der Waals surface area contributed by atoms with Crippen LogP contribution in [0.5, 0.6) is 0 Å². The number of nitrogens with zero attached hydrogens (tertiary/aromatic N) is 5. The lowest BCUT2D eigenvalue weighted by Crippen LogP contribution is -2.42. The largest absolute Gasteiger partial charge is 0.383 e. The summed E-state index contributed by atoms with van der Waals surface area (Å²) in [5, 5.41) is 32.3. The monoisotopic (exact) mass is 231 g/mol. The number of hydrogen-bond donors (Lipinski definition) is 0. The van der Waals surface area contributed by atoms with Crippen LogP contribution in [-0.4, -0.2) is 37.3 Å². The van der Waals surface area contributed by atoms with Crippen molar-refractivity contribution in [2.45, 2.75) is 20.8 Å². The van der Waals surface area contributed by atoms with Crippen molar-refractivity contribution < 1.29 is 4.48 Å². The second-order valence-corrected chi connectivity index (χ2v) is 3.95. The molecule has 0 aliphatic rings. The zero-order chi connectivity index (χ0) is 13.9. The van der Waals surface area contributed by atoms with Crippen molar-refractivity contribution in [1.82, 2.24) is 0 Å². The Labute approximate surface area is 104 Å². The molecule has 0 unspecified atom stereocenters. The zero-order valence-electron chi connectivity index (χ0n) is 10.9. The van der Waals surface area contributed by atoms with E-state index in [1.807, 2.05) is 0 Å². The fourth-order valence-corrected chi connectivity index (χ4v) is 0.844. The summed E-state index contributed by atoms with van der Waals surface area (Å²) in [5.41, 5.74) is 0. The maximum atomic E-state index is 8.09. The first-order valence-electron chi connectivity index (χ1n) is 5.57. The first-order valence-corrected chi connectivity index (χ1v) is 5.57. The van der Waals surface area contributed by atoms with Gasteiger partial charge >= 0.3 is 6.15 Å². The van der Waals surface area contributed by atoms with Crippen molar-refractivity contribution in [3.8, 4) is 23.9 Å². The highest BCUT2D eigenvalue weighted by Gasteiger charge is 2.22. The van der Waals surface area contributed by atoms with E-state index >= 15 is 0 Å². The van der Waals surface area contributed by atoms with Crippen LogP contribution in [0.25, 0.3) is 0 Å². The fraction of sp³-hybridized carbons (Fsp3) is 0.636. The van der Waals surface area contributed by atoms with Crippen LogP contribution >= 0.6 is 0 Å². The van der Waals surface area contributed by atoms with Crippen LogP contribution in [0.3, 0.4) is 0 Å². The quantitative estimate of drug-likeness (QED) is 0.538. The van der Waals surface area contributed by atoms with Gasteiger partial charge in [0.15, 0.2) is 0 Å². The summed E-state index contributed by atoms with van der Waals surface area (Å²) in [6, 6.07) is 0. The van der Waals surface area contributed by atoms with Gasteiger partial charge in [-0.1, -0.05) is 0 Å². The Morgan fingerprint density at radius 3 is 1.00 bits per heavy atom. The summed E-state index contributed by atoms with van der Waals surface area (Å²) in [6.45, 7) is 10.5.